The average molecular weight is 322 g/mol. The lowest BCUT2D eigenvalue weighted by Crippen LogP contribution is -2.43. The number of carbonyl (C=O) groups excluding carboxylic acids is 1. The lowest BCUT2D eigenvalue weighted by Gasteiger charge is -2.22. The van der Waals surface area contributed by atoms with E-state index in [4.69, 9.17) is 4.74 Å². The van der Waals surface area contributed by atoms with Crippen molar-refractivity contribution in [3.8, 4) is 0 Å². The van der Waals surface area contributed by atoms with E-state index >= 15 is 0 Å². The molecular weight excluding hydrogens is 292 g/mol. The number of aryl methyl sites for hydroxylation is 1. The van der Waals surface area contributed by atoms with Crippen molar-refractivity contribution in [3.05, 3.63) is 18.0 Å². The zero-order valence-corrected chi connectivity index (χ0v) is 14.8. The topological polar surface area (TPSA) is 68.2 Å². The highest BCUT2D eigenvalue weighted by Crippen LogP contribution is 2.32. The molecule has 2 N–H and O–H groups in total. The predicted molar refractivity (Wildman–Crippen MR) is 90.1 cm³/mol. The summed E-state index contributed by atoms with van der Waals surface area (Å²) in [4.78, 5) is 11.8. The lowest BCUT2D eigenvalue weighted by molar-refractivity contribution is 0.0521. The Morgan fingerprint density at radius 1 is 1.48 bits per heavy atom. The van der Waals surface area contributed by atoms with Gasteiger partial charge in [0.1, 0.15) is 5.60 Å². The first-order chi connectivity index (χ1) is 10.9. The number of rotatable bonds is 8. The highest BCUT2D eigenvalue weighted by Gasteiger charge is 2.31. The normalized spacial score (nSPS) is 16.2. The SMILES string of the molecule is CCCn1nccc1CNC(CNC(=O)OC(C)(C)C)C1CC1. The molecule has 1 aliphatic carbocycles. The monoisotopic (exact) mass is 322 g/mol. The Hall–Kier alpha value is -1.56. The summed E-state index contributed by atoms with van der Waals surface area (Å²) in [5.74, 6) is 0.646. The van der Waals surface area contributed by atoms with Gasteiger partial charge in [-0.05, 0) is 52.0 Å². The smallest absolute Gasteiger partial charge is 0.407 e. The third kappa shape index (κ3) is 6.22. The van der Waals surface area contributed by atoms with Gasteiger partial charge < -0.3 is 15.4 Å². The molecule has 0 aromatic carbocycles. The molecule has 1 aromatic rings. The number of hydrogen-bond acceptors (Lipinski definition) is 4. The Kier molecular flexibility index (Phi) is 6.04. The van der Waals surface area contributed by atoms with Gasteiger partial charge in [0.05, 0.1) is 5.69 Å². The molecule has 1 saturated carbocycles. The van der Waals surface area contributed by atoms with Crippen LogP contribution in [0.5, 0.6) is 0 Å². The molecule has 130 valence electrons. The summed E-state index contributed by atoms with van der Waals surface area (Å²) in [6.45, 7) is 10.1. The van der Waals surface area contributed by atoms with E-state index in [0.717, 1.165) is 19.5 Å². The van der Waals surface area contributed by atoms with Crippen molar-refractivity contribution in [2.24, 2.45) is 5.92 Å². The maximum absolute atomic E-state index is 11.8. The van der Waals surface area contributed by atoms with Gasteiger partial charge in [-0.1, -0.05) is 6.92 Å². The molecule has 0 bridgehead atoms. The zero-order valence-electron chi connectivity index (χ0n) is 14.8. The van der Waals surface area contributed by atoms with Crippen LogP contribution in [0.15, 0.2) is 12.3 Å². The van der Waals surface area contributed by atoms with Crippen molar-refractivity contribution < 1.29 is 9.53 Å². The van der Waals surface area contributed by atoms with Crippen LogP contribution in [0.4, 0.5) is 4.79 Å². The van der Waals surface area contributed by atoms with E-state index in [1.165, 1.54) is 18.5 Å². The van der Waals surface area contributed by atoms with Gasteiger partial charge in [0, 0.05) is 31.9 Å². The largest absolute Gasteiger partial charge is 0.444 e. The molecule has 0 saturated heterocycles. The fraction of sp³-hybridized carbons (Fsp3) is 0.765. The molecule has 1 aromatic heterocycles. The number of amides is 1. The van der Waals surface area contributed by atoms with Crippen LogP contribution in [0.1, 0.15) is 52.7 Å². The van der Waals surface area contributed by atoms with Crippen molar-refractivity contribution in [2.75, 3.05) is 6.54 Å². The maximum atomic E-state index is 11.8. The second-order valence-corrected chi connectivity index (χ2v) is 7.25. The van der Waals surface area contributed by atoms with E-state index in [1.807, 2.05) is 37.7 Å². The Bertz CT molecular complexity index is 503. The third-order valence-electron chi connectivity index (χ3n) is 3.84. The van der Waals surface area contributed by atoms with Crippen LogP contribution in [0.3, 0.4) is 0 Å². The first kappa shape index (κ1) is 17.8. The van der Waals surface area contributed by atoms with Crippen molar-refractivity contribution in [1.82, 2.24) is 20.4 Å². The average Bonchev–Trinajstić information content (AvgIpc) is 3.19. The second kappa shape index (κ2) is 7.81. The van der Waals surface area contributed by atoms with E-state index in [2.05, 4.69) is 22.7 Å². The molecule has 6 nitrogen and oxygen atoms in total. The Balaban J connectivity index is 1.80. The molecule has 1 fully saturated rings. The molecule has 0 spiro atoms. The highest BCUT2D eigenvalue weighted by atomic mass is 16.6. The van der Waals surface area contributed by atoms with Crippen molar-refractivity contribution in [2.45, 2.75) is 71.7 Å². The predicted octanol–water partition coefficient (Wildman–Crippen LogP) is 2.69. The van der Waals surface area contributed by atoms with E-state index in [0.29, 0.717) is 12.5 Å². The standard InChI is InChI=1S/C17H30N4O2/c1-5-10-21-14(8-9-20-21)11-18-15(13-6-7-13)12-19-16(22)23-17(2,3)4/h8-9,13,15,18H,5-7,10-12H2,1-4H3,(H,19,22). The zero-order chi connectivity index (χ0) is 16.9. The quantitative estimate of drug-likeness (QED) is 0.772. The van der Waals surface area contributed by atoms with E-state index in [-0.39, 0.29) is 12.1 Å². The molecular formula is C17H30N4O2. The van der Waals surface area contributed by atoms with Crippen LogP contribution in [0.25, 0.3) is 0 Å². The number of ether oxygens (including phenoxy) is 1. The number of nitrogens with zero attached hydrogens (tertiary/aromatic N) is 2. The Morgan fingerprint density at radius 2 is 2.22 bits per heavy atom. The van der Waals surface area contributed by atoms with Crippen LogP contribution in [0, 0.1) is 5.92 Å². The fourth-order valence-electron chi connectivity index (χ4n) is 2.57. The number of alkyl carbamates (subject to hydrolysis) is 1. The molecule has 1 heterocycles. The minimum absolute atomic E-state index is 0.285. The van der Waals surface area contributed by atoms with E-state index < -0.39 is 5.60 Å². The minimum atomic E-state index is -0.459. The van der Waals surface area contributed by atoms with Crippen molar-refractivity contribution in [1.29, 1.82) is 0 Å². The lowest BCUT2D eigenvalue weighted by atomic mass is 10.2. The molecule has 23 heavy (non-hydrogen) atoms. The molecule has 0 aliphatic heterocycles. The van der Waals surface area contributed by atoms with Gasteiger partial charge in [-0.2, -0.15) is 5.10 Å². The van der Waals surface area contributed by atoms with Crippen LogP contribution < -0.4 is 10.6 Å². The number of nitrogens with one attached hydrogen (secondary N) is 2. The second-order valence-electron chi connectivity index (χ2n) is 7.25. The first-order valence-corrected chi connectivity index (χ1v) is 8.60. The van der Waals surface area contributed by atoms with Gasteiger partial charge >= 0.3 is 6.09 Å². The van der Waals surface area contributed by atoms with Gasteiger partial charge in [0.15, 0.2) is 0 Å². The van der Waals surface area contributed by atoms with E-state index in [9.17, 15) is 4.79 Å². The highest BCUT2D eigenvalue weighted by molar-refractivity contribution is 5.67. The molecule has 1 amide bonds. The summed E-state index contributed by atoms with van der Waals surface area (Å²) in [5.41, 5.74) is 0.731. The Morgan fingerprint density at radius 3 is 2.83 bits per heavy atom. The number of hydrogen-bond donors (Lipinski definition) is 2. The van der Waals surface area contributed by atoms with Gasteiger partial charge in [-0.3, -0.25) is 4.68 Å². The van der Waals surface area contributed by atoms with Gasteiger partial charge in [-0.25, -0.2) is 4.79 Å². The Labute approximate surface area is 139 Å². The van der Waals surface area contributed by atoms with Gasteiger partial charge in [-0.15, -0.1) is 0 Å². The molecule has 1 aliphatic rings. The fourth-order valence-corrected chi connectivity index (χ4v) is 2.57. The van der Waals surface area contributed by atoms with Gasteiger partial charge in [0.25, 0.3) is 0 Å². The first-order valence-electron chi connectivity index (χ1n) is 8.60. The van der Waals surface area contributed by atoms with Gasteiger partial charge in [0.2, 0.25) is 0 Å². The summed E-state index contributed by atoms with van der Waals surface area (Å²) >= 11 is 0. The van der Waals surface area contributed by atoms with Crippen LogP contribution >= 0.6 is 0 Å². The summed E-state index contributed by atoms with van der Waals surface area (Å²) in [6, 6.07) is 2.33. The molecule has 0 radical (unpaired) electrons. The number of aromatic nitrogens is 2. The molecule has 6 heteroatoms. The summed E-state index contributed by atoms with van der Waals surface area (Å²) < 4.78 is 7.34. The third-order valence-corrected chi connectivity index (χ3v) is 3.84. The summed E-state index contributed by atoms with van der Waals surface area (Å²) in [7, 11) is 0. The van der Waals surface area contributed by atoms with Crippen molar-refractivity contribution in [3.63, 3.8) is 0 Å². The molecule has 1 unspecified atom stereocenters. The summed E-state index contributed by atoms with van der Waals surface area (Å²) in [6.07, 6.45) is 5.02. The minimum Gasteiger partial charge on any atom is -0.444 e. The molecule has 2 rings (SSSR count). The maximum Gasteiger partial charge on any atom is 0.407 e. The van der Waals surface area contributed by atoms with Crippen LogP contribution in [0.2, 0.25) is 0 Å². The van der Waals surface area contributed by atoms with Crippen LogP contribution in [-0.2, 0) is 17.8 Å². The van der Waals surface area contributed by atoms with E-state index in [1.54, 1.807) is 0 Å². The summed E-state index contributed by atoms with van der Waals surface area (Å²) in [5, 5.41) is 10.8. The van der Waals surface area contributed by atoms with Crippen LogP contribution in [-0.4, -0.2) is 34.1 Å². The molecule has 1 atom stereocenters. The number of carbonyl (C=O) groups is 1. The van der Waals surface area contributed by atoms with Crippen molar-refractivity contribution >= 4 is 6.09 Å².